The van der Waals surface area contributed by atoms with Crippen molar-refractivity contribution in [3.8, 4) is 0 Å². The molecule has 1 aliphatic heterocycles. The minimum absolute atomic E-state index is 0.257. The highest BCUT2D eigenvalue weighted by Crippen LogP contribution is 2.37. The minimum Gasteiger partial charge on any atom is -0.502 e. The van der Waals surface area contributed by atoms with Crippen LogP contribution >= 0.6 is 27.5 Å². The van der Waals surface area contributed by atoms with Crippen molar-refractivity contribution in [3.63, 3.8) is 0 Å². The van der Waals surface area contributed by atoms with Gasteiger partial charge in [-0.1, -0.05) is 51.8 Å². The van der Waals surface area contributed by atoms with Crippen LogP contribution in [0.3, 0.4) is 0 Å². The van der Waals surface area contributed by atoms with E-state index in [1.54, 1.807) is 12.1 Å². The number of aliphatic hydroxyl groups is 1. The molecule has 164 valence electrons. The molecule has 2 aromatic rings. The van der Waals surface area contributed by atoms with Crippen molar-refractivity contribution < 1.29 is 19.4 Å². The van der Waals surface area contributed by atoms with E-state index in [4.69, 9.17) is 11.6 Å². The number of benzene rings is 2. The van der Waals surface area contributed by atoms with Gasteiger partial charge in [0, 0.05) is 27.5 Å². The largest absolute Gasteiger partial charge is 0.502 e. The van der Waals surface area contributed by atoms with E-state index in [1.165, 1.54) is 12.7 Å². The zero-order valence-corrected chi connectivity index (χ0v) is 19.7. The summed E-state index contributed by atoms with van der Waals surface area (Å²) in [6, 6.07) is 15.6. The van der Waals surface area contributed by atoms with Crippen LogP contribution in [0.5, 0.6) is 0 Å². The summed E-state index contributed by atoms with van der Waals surface area (Å²) < 4.78 is 5.56. The number of allylic oxidation sites excluding steroid dienone is 1. The second-order valence-corrected chi connectivity index (χ2v) is 9.23. The van der Waals surface area contributed by atoms with Gasteiger partial charge in [0.1, 0.15) is 0 Å². The standard InChI is InChI=1S/C24H25BrClNO4/c1-31-23(30)21(28)14-22(29)24(15-17-5-7-20(26)8-6-17)9-11-27(12-10-24)16-18-3-2-4-19(25)13-18/h2-8,13-14,28H,9-12,15-16H2,1H3/b21-14-. The Hall–Kier alpha value is -2.15. The van der Waals surface area contributed by atoms with E-state index in [9.17, 15) is 14.7 Å². The molecule has 31 heavy (non-hydrogen) atoms. The summed E-state index contributed by atoms with van der Waals surface area (Å²) in [4.78, 5) is 27.1. The molecule has 1 fully saturated rings. The summed E-state index contributed by atoms with van der Waals surface area (Å²) in [5.74, 6) is -1.84. The number of esters is 1. The first kappa shape index (κ1) is 23.5. The van der Waals surface area contributed by atoms with Gasteiger partial charge in [0.2, 0.25) is 5.76 Å². The van der Waals surface area contributed by atoms with Crippen LogP contribution in [-0.2, 0) is 27.3 Å². The summed E-state index contributed by atoms with van der Waals surface area (Å²) in [6.07, 6.45) is 2.77. The molecule has 0 unspecified atom stereocenters. The van der Waals surface area contributed by atoms with Crippen molar-refractivity contribution in [1.29, 1.82) is 0 Å². The number of hydrogen-bond donors (Lipinski definition) is 1. The number of carbonyl (C=O) groups is 2. The number of halogens is 2. The van der Waals surface area contributed by atoms with E-state index in [2.05, 4.69) is 37.7 Å². The maximum atomic E-state index is 13.2. The fourth-order valence-electron chi connectivity index (χ4n) is 3.98. The van der Waals surface area contributed by atoms with Crippen molar-refractivity contribution >= 4 is 39.3 Å². The van der Waals surface area contributed by atoms with Gasteiger partial charge in [0.15, 0.2) is 5.78 Å². The van der Waals surface area contributed by atoms with Crippen molar-refractivity contribution in [2.24, 2.45) is 5.41 Å². The lowest BCUT2D eigenvalue weighted by atomic mass is 9.70. The lowest BCUT2D eigenvalue weighted by Crippen LogP contribution is -2.45. The van der Waals surface area contributed by atoms with Crippen LogP contribution in [0.2, 0.25) is 5.02 Å². The van der Waals surface area contributed by atoms with Crippen molar-refractivity contribution in [2.75, 3.05) is 20.2 Å². The van der Waals surface area contributed by atoms with Crippen LogP contribution in [-0.4, -0.2) is 42.0 Å². The van der Waals surface area contributed by atoms with E-state index >= 15 is 0 Å². The van der Waals surface area contributed by atoms with Crippen LogP contribution in [0, 0.1) is 5.41 Å². The Kier molecular flexibility index (Phi) is 7.92. The average Bonchev–Trinajstić information content (AvgIpc) is 2.76. The van der Waals surface area contributed by atoms with Gasteiger partial charge < -0.3 is 9.84 Å². The molecule has 7 heteroatoms. The third-order valence-corrected chi connectivity index (χ3v) is 6.49. The third-order valence-electron chi connectivity index (χ3n) is 5.75. The van der Waals surface area contributed by atoms with Crippen LogP contribution in [0.25, 0.3) is 0 Å². The van der Waals surface area contributed by atoms with Crippen molar-refractivity contribution in [1.82, 2.24) is 4.90 Å². The summed E-state index contributed by atoms with van der Waals surface area (Å²) >= 11 is 9.51. The van der Waals surface area contributed by atoms with Gasteiger partial charge in [-0.15, -0.1) is 0 Å². The molecule has 0 aromatic heterocycles. The number of rotatable bonds is 7. The molecular weight excluding hydrogens is 482 g/mol. The number of ketones is 1. The molecule has 2 aromatic carbocycles. The van der Waals surface area contributed by atoms with Gasteiger partial charge in [0.25, 0.3) is 0 Å². The lowest BCUT2D eigenvalue weighted by Gasteiger charge is -2.40. The van der Waals surface area contributed by atoms with E-state index < -0.39 is 17.1 Å². The smallest absolute Gasteiger partial charge is 0.373 e. The highest BCUT2D eigenvalue weighted by molar-refractivity contribution is 9.10. The number of aliphatic hydroxyl groups excluding tert-OH is 1. The Labute approximate surface area is 195 Å². The van der Waals surface area contributed by atoms with Crippen molar-refractivity contribution in [2.45, 2.75) is 25.8 Å². The Bertz CT molecular complexity index is 966. The summed E-state index contributed by atoms with van der Waals surface area (Å²) in [5.41, 5.74) is 1.49. The van der Waals surface area contributed by atoms with Gasteiger partial charge in [0.05, 0.1) is 7.11 Å². The van der Waals surface area contributed by atoms with Gasteiger partial charge in [-0.3, -0.25) is 9.69 Å². The SMILES string of the molecule is COC(=O)/C(O)=C/C(=O)C1(Cc2ccc(Cl)cc2)CCN(Cc2cccc(Br)c2)CC1. The minimum atomic E-state index is -0.915. The number of ether oxygens (including phenoxy) is 1. The molecular formula is C24H25BrClNO4. The Morgan fingerprint density at radius 3 is 2.45 bits per heavy atom. The number of methoxy groups -OCH3 is 1. The summed E-state index contributed by atoms with van der Waals surface area (Å²) in [6.45, 7) is 2.27. The Morgan fingerprint density at radius 1 is 1.16 bits per heavy atom. The van der Waals surface area contributed by atoms with Crippen LogP contribution in [0.1, 0.15) is 24.0 Å². The number of nitrogens with zero attached hydrogens (tertiary/aromatic N) is 1. The summed E-state index contributed by atoms with van der Waals surface area (Å²) in [5, 5.41) is 10.6. The monoisotopic (exact) mass is 505 g/mol. The molecule has 3 rings (SSSR count). The molecule has 0 atom stereocenters. The Balaban J connectivity index is 1.79. The van der Waals surface area contributed by atoms with Gasteiger partial charge in [-0.2, -0.15) is 0 Å². The second kappa shape index (κ2) is 10.4. The summed E-state index contributed by atoms with van der Waals surface area (Å²) in [7, 11) is 1.17. The van der Waals surface area contributed by atoms with Gasteiger partial charge >= 0.3 is 5.97 Å². The maximum absolute atomic E-state index is 13.2. The highest BCUT2D eigenvalue weighted by Gasteiger charge is 2.40. The number of piperidine rings is 1. The maximum Gasteiger partial charge on any atom is 0.373 e. The van der Waals surface area contributed by atoms with Crippen LogP contribution in [0.4, 0.5) is 0 Å². The fraction of sp³-hybridized carbons (Fsp3) is 0.333. The molecule has 1 N–H and O–H groups in total. The molecule has 0 amide bonds. The van der Waals surface area contributed by atoms with Crippen molar-refractivity contribution in [3.05, 3.63) is 81.0 Å². The quantitative estimate of drug-likeness (QED) is 0.321. The molecule has 1 saturated heterocycles. The number of hydrogen-bond acceptors (Lipinski definition) is 5. The van der Waals surface area contributed by atoms with E-state index in [0.29, 0.717) is 24.3 Å². The molecule has 5 nitrogen and oxygen atoms in total. The molecule has 1 aliphatic rings. The molecule has 0 aliphatic carbocycles. The van der Waals surface area contributed by atoms with E-state index in [-0.39, 0.29) is 5.78 Å². The first-order valence-electron chi connectivity index (χ1n) is 10.1. The molecule has 0 bridgehead atoms. The van der Waals surface area contributed by atoms with E-state index in [1.807, 2.05) is 24.3 Å². The van der Waals surface area contributed by atoms with E-state index in [0.717, 1.165) is 35.7 Å². The van der Waals surface area contributed by atoms with Crippen LogP contribution < -0.4 is 0 Å². The normalized spacial score (nSPS) is 16.7. The van der Waals surface area contributed by atoms with Gasteiger partial charge in [-0.25, -0.2) is 4.79 Å². The molecule has 0 radical (unpaired) electrons. The third kappa shape index (κ3) is 6.19. The predicted molar refractivity (Wildman–Crippen MR) is 124 cm³/mol. The predicted octanol–water partition coefficient (Wildman–Crippen LogP) is 5.11. The van der Waals surface area contributed by atoms with Crippen LogP contribution in [0.15, 0.2) is 64.8 Å². The highest BCUT2D eigenvalue weighted by atomic mass is 79.9. The Morgan fingerprint density at radius 2 is 1.84 bits per heavy atom. The second-order valence-electron chi connectivity index (χ2n) is 7.88. The lowest BCUT2D eigenvalue weighted by molar-refractivity contribution is -0.139. The fourth-order valence-corrected chi connectivity index (χ4v) is 4.55. The first-order valence-corrected chi connectivity index (χ1v) is 11.2. The molecule has 0 saturated carbocycles. The average molecular weight is 507 g/mol. The molecule has 1 heterocycles. The topological polar surface area (TPSA) is 66.8 Å². The zero-order chi connectivity index (χ0) is 22.4. The first-order chi connectivity index (χ1) is 14.8. The zero-order valence-electron chi connectivity index (χ0n) is 17.3. The van der Waals surface area contributed by atoms with Gasteiger partial charge in [-0.05, 0) is 67.7 Å². The molecule has 0 spiro atoms. The number of likely N-dealkylation sites (tertiary alicyclic amines) is 1. The number of carbonyl (C=O) groups excluding carboxylic acids is 2.